The molecule has 0 saturated carbocycles. The van der Waals surface area contributed by atoms with Gasteiger partial charge in [-0.1, -0.05) is 23.4 Å². The van der Waals surface area contributed by atoms with E-state index in [0.717, 1.165) is 11.3 Å². The minimum Gasteiger partial charge on any atom is -0.379 e. The van der Waals surface area contributed by atoms with Crippen molar-refractivity contribution in [3.05, 3.63) is 59.5 Å². The smallest absolute Gasteiger partial charge is 0.272 e. The van der Waals surface area contributed by atoms with Crippen LogP contribution in [0.25, 0.3) is 0 Å². The summed E-state index contributed by atoms with van der Waals surface area (Å²) < 4.78 is 13.0. The molecule has 6 heteroatoms. The van der Waals surface area contributed by atoms with E-state index in [-0.39, 0.29) is 11.7 Å². The summed E-state index contributed by atoms with van der Waals surface area (Å²) in [4.78, 5) is 22.1. The molecule has 0 unspecified atom stereocenters. The molecule has 0 saturated heterocycles. The van der Waals surface area contributed by atoms with E-state index in [9.17, 15) is 9.18 Å². The number of nitrogens with zero attached hydrogens (tertiary/aromatic N) is 2. The number of rotatable bonds is 3. The van der Waals surface area contributed by atoms with E-state index in [1.54, 1.807) is 25.1 Å². The van der Waals surface area contributed by atoms with E-state index < -0.39 is 5.60 Å². The summed E-state index contributed by atoms with van der Waals surface area (Å²) in [6.07, 6.45) is 0.302. The summed E-state index contributed by atoms with van der Waals surface area (Å²) in [6.45, 7) is 3.51. The third-order valence-corrected chi connectivity index (χ3v) is 3.65. The molecule has 0 spiro atoms. The Balaban J connectivity index is 1.71. The van der Waals surface area contributed by atoms with Gasteiger partial charge in [0.25, 0.3) is 5.91 Å². The van der Waals surface area contributed by atoms with Crippen molar-refractivity contribution < 1.29 is 14.0 Å². The molecule has 3 rings (SSSR count). The third-order valence-electron chi connectivity index (χ3n) is 3.65. The number of oxime groups is 1. The number of aryl methyl sites for hydroxylation is 1. The zero-order valence-electron chi connectivity index (χ0n) is 12.8. The van der Waals surface area contributed by atoms with Gasteiger partial charge in [0.1, 0.15) is 11.6 Å². The van der Waals surface area contributed by atoms with Crippen LogP contribution in [-0.2, 0) is 9.63 Å². The lowest BCUT2D eigenvalue weighted by Crippen LogP contribution is -2.40. The first-order valence-electron chi connectivity index (χ1n) is 7.22. The molecule has 2 aromatic rings. The van der Waals surface area contributed by atoms with E-state index in [2.05, 4.69) is 15.5 Å². The molecule has 1 atom stereocenters. The molecule has 0 radical (unpaired) electrons. The van der Waals surface area contributed by atoms with Crippen molar-refractivity contribution in [3.8, 4) is 0 Å². The molecule has 1 aliphatic rings. The highest BCUT2D eigenvalue weighted by atomic mass is 19.1. The van der Waals surface area contributed by atoms with Crippen LogP contribution >= 0.6 is 0 Å². The minimum atomic E-state index is -1.12. The van der Waals surface area contributed by atoms with Crippen LogP contribution in [0.5, 0.6) is 0 Å². The molecule has 1 aromatic carbocycles. The summed E-state index contributed by atoms with van der Waals surface area (Å²) in [7, 11) is 0. The molecule has 118 valence electrons. The zero-order chi connectivity index (χ0) is 16.4. The van der Waals surface area contributed by atoms with Crippen LogP contribution in [0.15, 0.2) is 47.6 Å². The summed E-state index contributed by atoms with van der Waals surface area (Å²) in [6, 6.07) is 11.3. The molecule has 2 heterocycles. The van der Waals surface area contributed by atoms with E-state index in [1.807, 2.05) is 19.1 Å². The highest BCUT2D eigenvalue weighted by molar-refractivity contribution is 6.07. The number of halogens is 1. The molecule has 0 bridgehead atoms. The molecular formula is C17H16FN3O2. The van der Waals surface area contributed by atoms with Gasteiger partial charge in [-0.2, -0.15) is 0 Å². The summed E-state index contributed by atoms with van der Waals surface area (Å²) in [5.41, 5.74) is 1.04. The predicted molar refractivity (Wildman–Crippen MR) is 84.6 cm³/mol. The average molecular weight is 313 g/mol. The number of anilines is 1. The first-order valence-corrected chi connectivity index (χ1v) is 7.22. The van der Waals surface area contributed by atoms with Crippen molar-refractivity contribution >= 4 is 17.4 Å². The van der Waals surface area contributed by atoms with Crippen LogP contribution < -0.4 is 5.32 Å². The number of carbonyl (C=O) groups excluding carboxylic acids is 1. The normalized spacial score (nSPS) is 19.9. The molecule has 1 aromatic heterocycles. The van der Waals surface area contributed by atoms with E-state index in [0.29, 0.717) is 18.0 Å². The molecule has 5 nitrogen and oxygen atoms in total. The van der Waals surface area contributed by atoms with Gasteiger partial charge >= 0.3 is 0 Å². The van der Waals surface area contributed by atoms with Gasteiger partial charge in [0.2, 0.25) is 5.60 Å². The van der Waals surface area contributed by atoms with Crippen LogP contribution in [-0.4, -0.2) is 22.2 Å². The van der Waals surface area contributed by atoms with E-state index in [4.69, 9.17) is 4.84 Å². The Bertz CT molecular complexity index is 774. The second-order valence-corrected chi connectivity index (χ2v) is 5.66. The SMILES string of the molecule is Cc1cccc(NC(=O)[C@]2(C)CC(c3ccc(F)cc3)=NO2)n1. The fraction of sp³-hybridized carbons (Fsp3) is 0.235. The molecule has 1 amide bonds. The number of carbonyl (C=O) groups is 1. The number of nitrogens with one attached hydrogen (secondary N) is 1. The maximum atomic E-state index is 13.0. The summed E-state index contributed by atoms with van der Waals surface area (Å²) >= 11 is 0. The zero-order valence-corrected chi connectivity index (χ0v) is 12.8. The van der Waals surface area contributed by atoms with Crippen molar-refractivity contribution in [2.75, 3.05) is 5.32 Å². The summed E-state index contributed by atoms with van der Waals surface area (Å²) in [5.74, 6) is -0.175. The lowest BCUT2D eigenvalue weighted by molar-refractivity contribution is -0.135. The van der Waals surface area contributed by atoms with Crippen LogP contribution in [0.3, 0.4) is 0 Å². The molecule has 23 heavy (non-hydrogen) atoms. The van der Waals surface area contributed by atoms with Gasteiger partial charge in [0.15, 0.2) is 0 Å². The Labute approximate surface area is 133 Å². The number of benzene rings is 1. The van der Waals surface area contributed by atoms with Gasteiger partial charge in [0.05, 0.1) is 5.71 Å². The van der Waals surface area contributed by atoms with Gasteiger partial charge in [-0.05, 0) is 43.7 Å². The van der Waals surface area contributed by atoms with Crippen LogP contribution in [0, 0.1) is 12.7 Å². The highest BCUT2D eigenvalue weighted by Crippen LogP contribution is 2.28. The Morgan fingerprint density at radius 1 is 1.26 bits per heavy atom. The predicted octanol–water partition coefficient (Wildman–Crippen LogP) is 3.05. The molecule has 0 aliphatic carbocycles. The monoisotopic (exact) mass is 313 g/mol. The van der Waals surface area contributed by atoms with E-state index in [1.165, 1.54) is 12.1 Å². The lowest BCUT2D eigenvalue weighted by Gasteiger charge is -2.20. The van der Waals surface area contributed by atoms with Crippen molar-refractivity contribution in [2.45, 2.75) is 25.9 Å². The second kappa shape index (κ2) is 5.79. The Morgan fingerprint density at radius 3 is 2.70 bits per heavy atom. The lowest BCUT2D eigenvalue weighted by atomic mass is 9.95. The fourth-order valence-electron chi connectivity index (χ4n) is 2.32. The van der Waals surface area contributed by atoms with Crippen molar-refractivity contribution in [3.63, 3.8) is 0 Å². The molecular weight excluding hydrogens is 297 g/mol. The van der Waals surface area contributed by atoms with Crippen LogP contribution in [0.1, 0.15) is 24.6 Å². The number of hydrogen-bond donors (Lipinski definition) is 1. The quantitative estimate of drug-likeness (QED) is 0.947. The van der Waals surface area contributed by atoms with Gasteiger partial charge < -0.3 is 10.2 Å². The first-order chi connectivity index (χ1) is 11.0. The molecule has 1 N–H and O–H groups in total. The highest BCUT2D eigenvalue weighted by Gasteiger charge is 2.42. The number of pyridine rings is 1. The van der Waals surface area contributed by atoms with E-state index >= 15 is 0 Å². The number of aromatic nitrogens is 1. The van der Waals surface area contributed by atoms with Gasteiger partial charge in [-0.25, -0.2) is 9.37 Å². The largest absolute Gasteiger partial charge is 0.379 e. The number of hydrogen-bond acceptors (Lipinski definition) is 4. The molecule has 0 fully saturated rings. The second-order valence-electron chi connectivity index (χ2n) is 5.66. The Kier molecular flexibility index (Phi) is 3.82. The Morgan fingerprint density at radius 2 is 2.00 bits per heavy atom. The number of amides is 1. The van der Waals surface area contributed by atoms with Gasteiger partial charge in [-0.15, -0.1) is 0 Å². The van der Waals surface area contributed by atoms with Crippen molar-refractivity contribution in [1.82, 2.24) is 4.98 Å². The van der Waals surface area contributed by atoms with Crippen molar-refractivity contribution in [1.29, 1.82) is 0 Å². The first kappa shape index (κ1) is 15.1. The fourth-order valence-corrected chi connectivity index (χ4v) is 2.32. The Hall–Kier alpha value is -2.76. The maximum Gasteiger partial charge on any atom is 0.272 e. The minimum absolute atomic E-state index is 0.302. The summed E-state index contributed by atoms with van der Waals surface area (Å²) in [5, 5.41) is 6.72. The van der Waals surface area contributed by atoms with Crippen LogP contribution in [0.2, 0.25) is 0 Å². The van der Waals surface area contributed by atoms with Gasteiger partial charge in [0, 0.05) is 12.1 Å². The topological polar surface area (TPSA) is 63.6 Å². The average Bonchev–Trinajstić information content (AvgIpc) is 2.92. The molecule has 1 aliphatic heterocycles. The van der Waals surface area contributed by atoms with Crippen LogP contribution in [0.4, 0.5) is 10.2 Å². The third kappa shape index (κ3) is 3.21. The maximum absolute atomic E-state index is 13.0. The standard InChI is InChI=1S/C17H16FN3O2/c1-11-4-3-5-15(19-11)20-16(22)17(2)10-14(21-23-17)12-6-8-13(18)9-7-12/h3-9H,10H2,1-2H3,(H,19,20,22)/t17-/m0/s1. The van der Waals surface area contributed by atoms with Gasteiger partial charge in [-0.3, -0.25) is 4.79 Å². The van der Waals surface area contributed by atoms with Crippen molar-refractivity contribution in [2.24, 2.45) is 5.16 Å².